The van der Waals surface area contributed by atoms with Crippen LogP contribution in [0.15, 0.2) is 0 Å². The molecule has 3 nitrogen and oxygen atoms in total. The van der Waals surface area contributed by atoms with Gasteiger partial charge in [-0.25, -0.2) is 0 Å². The Bertz CT molecular complexity index is 702. The zero-order valence-corrected chi connectivity index (χ0v) is 19.0. The van der Waals surface area contributed by atoms with Gasteiger partial charge in [0.1, 0.15) is 0 Å². The predicted octanol–water partition coefficient (Wildman–Crippen LogP) is 5.82. The van der Waals surface area contributed by atoms with Gasteiger partial charge in [-0.2, -0.15) is 0 Å². The molecule has 30 heavy (non-hydrogen) atoms. The average molecular weight is 412 g/mol. The van der Waals surface area contributed by atoms with Crippen molar-refractivity contribution >= 4 is 11.8 Å². The summed E-state index contributed by atoms with van der Waals surface area (Å²) in [6.45, 7) is 0. The quantitative estimate of drug-likeness (QED) is 0.510. The summed E-state index contributed by atoms with van der Waals surface area (Å²) in [6.07, 6.45) is 20.3. The van der Waals surface area contributed by atoms with E-state index in [1.54, 1.807) is 11.9 Å². The van der Waals surface area contributed by atoms with E-state index in [2.05, 4.69) is 0 Å². The molecular weight excluding hydrogens is 370 g/mol. The summed E-state index contributed by atoms with van der Waals surface area (Å²) in [5.41, 5.74) is -0.124. The van der Waals surface area contributed by atoms with Crippen LogP contribution in [0.3, 0.4) is 0 Å². The first kappa shape index (κ1) is 19.8. The number of likely N-dealkylation sites (tertiary alicyclic amines) is 1. The number of nitrogens with zero attached hydrogens (tertiary/aromatic N) is 1. The van der Waals surface area contributed by atoms with Crippen LogP contribution in [0.2, 0.25) is 0 Å². The number of carbonyl (C=O) groups excluding carboxylic acids is 2. The minimum Gasteiger partial charge on any atom is -0.285 e. The van der Waals surface area contributed by atoms with Crippen molar-refractivity contribution in [2.24, 2.45) is 52.8 Å². The van der Waals surface area contributed by atoms with Gasteiger partial charge >= 0.3 is 0 Å². The van der Waals surface area contributed by atoms with Gasteiger partial charge < -0.3 is 0 Å². The molecule has 166 valence electrons. The monoisotopic (exact) mass is 411 g/mol. The minimum absolute atomic E-state index is 0.124. The van der Waals surface area contributed by atoms with E-state index in [1.807, 2.05) is 0 Å². The van der Waals surface area contributed by atoms with Gasteiger partial charge in [-0.3, -0.25) is 14.5 Å². The molecule has 0 aromatic heterocycles. The summed E-state index contributed by atoms with van der Waals surface area (Å²) in [5.74, 6) is 5.91. The van der Waals surface area contributed by atoms with Gasteiger partial charge in [-0.15, -0.1) is 0 Å². The fourth-order valence-corrected chi connectivity index (χ4v) is 9.78. The molecule has 3 heteroatoms. The molecular formula is C27H41NO2. The molecule has 1 spiro atoms. The summed E-state index contributed by atoms with van der Waals surface area (Å²) in [7, 11) is 1.78. The SMILES string of the molecule is CN1C(=O)C2CCC(C3CCC4CCCCC4CC3)CCC3CCC[C@@]4(C1=O)C3C24. The summed E-state index contributed by atoms with van der Waals surface area (Å²) in [4.78, 5) is 27.9. The number of piperidine rings is 1. The van der Waals surface area contributed by atoms with E-state index in [0.717, 1.165) is 36.5 Å². The number of fused-ring (bicyclic) bond motifs is 1. The lowest BCUT2D eigenvalue weighted by molar-refractivity contribution is -0.155. The lowest BCUT2D eigenvalue weighted by Gasteiger charge is -2.37. The van der Waals surface area contributed by atoms with E-state index >= 15 is 0 Å². The molecule has 5 saturated carbocycles. The van der Waals surface area contributed by atoms with E-state index in [-0.39, 0.29) is 23.1 Å². The maximum atomic E-state index is 13.2. The van der Waals surface area contributed by atoms with Crippen LogP contribution in [0.4, 0.5) is 0 Å². The highest BCUT2D eigenvalue weighted by Gasteiger charge is 2.77. The van der Waals surface area contributed by atoms with E-state index in [1.165, 1.54) is 83.5 Å². The molecule has 1 aliphatic heterocycles. The second-order valence-corrected chi connectivity index (χ2v) is 12.2. The minimum atomic E-state index is -0.124. The van der Waals surface area contributed by atoms with Gasteiger partial charge in [0.15, 0.2) is 0 Å². The second kappa shape index (κ2) is 7.34. The Kier molecular flexibility index (Phi) is 4.84. The highest BCUT2D eigenvalue weighted by molar-refractivity contribution is 6.04. The number of hydrogen-bond acceptors (Lipinski definition) is 2. The highest BCUT2D eigenvalue weighted by atomic mass is 16.2. The maximum absolute atomic E-state index is 13.2. The largest absolute Gasteiger partial charge is 0.285 e. The summed E-state index contributed by atoms with van der Waals surface area (Å²) in [5, 5.41) is 0. The van der Waals surface area contributed by atoms with Gasteiger partial charge in [-0.05, 0) is 99.2 Å². The molecule has 8 atom stereocenters. The summed E-state index contributed by atoms with van der Waals surface area (Å²) >= 11 is 0. The van der Waals surface area contributed by atoms with Crippen LogP contribution in [0, 0.1) is 52.8 Å². The summed E-state index contributed by atoms with van der Waals surface area (Å²) in [6, 6.07) is 0. The van der Waals surface area contributed by atoms with Crippen molar-refractivity contribution < 1.29 is 9.59 Å². The van der Waals surface area contributed by atoms with Crippen LogP contribution in [-0.4, -0.2) is 23.8 Å². The molecule has 0 N–H and O–H groups in total. The van der Waals surface area contributed by atoms with Crippen LogP contribution >= 0.6 is 0 Å². The van der Waals surface area contributed by atoms with Crippen molar-refractivity contribution in [2.45, 2.75) is 96.3 Å². The van der Waals surface area contributed by atoms with Crippen molar-refractivity contribution in [1.82, 2.24) is 4.90 Å². The third kappa shape index (κ3) is 2.82. The Balaban J connectivity index is 1.22. The van der Waals surface area contributed by atoms with Crippen LogP contribution < -0.4 is 0 Å². The van der Waals surface area contributed by atoms with Crippen molar-refractivity contribution in [2.75, 3.05) is 7.05 Å². The lowest BCUT2D eigenvalue weighted by atomic mass is 9.72. The molecule has 1 heterocycles. The Morgan fingerprint density at radius 1 is 0.633 bits per heavy atom. The zero-order chi connectivity index (χ0) is 20.5. The normalized spacial score (nSPS) is 51.0. The predicted molar refractivity (Wildman–Crippen MR) is 117 cm³/mol. The second-order valence-electron chi connectivity index (χ2n) is 12.2. The molecule has 5 aliphatic carbocycles. The van der Waals surface area contributed by atoms with Crippen molar-refractivity contribution in [3.05, 3.63) is 0 Å². The van der Waals surface area contributed by atoms with Gasteiger partial charge in [-0.1, -0.05) is 38.5 Å². The standard InChI is InChI=1S/C27H41NO2/c1-28-25(29)22-15-14-20(19-10-8-17-5-2-3-6-18(17)9-11-19)12-13-21-7-4-16-27(26(28)30)23(21)24(22)27/h17-24H,2-16H2,1H3/t17?,18?,19?,20?,21?,22?,23?,24?,27-/m1/s1. The van der Waals surface area contributed by atoms with Crippen LogP contribution in [0.1, 0.15) is 96.3 Å². The van der Waals surface area contributed by atoms with E-state index < -0.39 is 0 Å². The van der Waals surface area contributed by atoms with E-state index in [9.17, 15) is 9.59 Å². The third-order valence-electron chi connectivity index (χ3n) is 11.2. The van der Waals surface area contributed by atoms with Crippen LogP contribution in [0.5, 0.6) is 0 Å². The average Bonchev–Trinajstić information content (AvgIpc) is 3.48. The number of rotatable bonds is 1. The first-order valence-corrected chi connectivity index (χ1v) is 13.4. The third-order valence-corrected chi connectivity index (χ3v) is 11.2. The highest BCUT2D eigenvalue weighted by Crippen LogP contribution is 2.74. The zero-order valence-electron chi connectivity index (χ0n) is 19.0. The molecule has 1 saturated heterocycles. The molecule has 7 unspecified atom stereocenters. The molecule has 2 amide bonds. The first-order valence-electron chi connectivity index (χ1n) is 13.4. The molecule has 0 radical (unpaired) electrons. The van der Waals surface area contributed by atoms with Crippen LogP contribution in [0.25, 0.3) is 0 Å². The topological polar surface area (TPSA) is 37.4 Å². The first-order chi connectivity index (χ1) is 14.6. The number of carbonyl (C=O) groups is 2. The van der Waals surface area contributed by atoms with E-state index in [0.29, 0.717) is 17.8 Å². The van der Waals surface area contributed by atoms with Crippen LogP contribution in [-0.2, 0) is 9.59 Å². The smallest absolute Gasteiger partial charge is 0.235 e. The maximum Gasteiger partial charge on any atom is 0.235 e. The Morgan fingerprint density at radius 2 is 1.13 bits per heavy atom. The fraction of sp³-hybridized carbons (Fsp3) is 0.926. The molecule has 6 aliphatic rings. The number of hydrogen-bond donors (Lipinski definition) is 0. The van der Waals surface area contributed by atoms with Gasteiger partial charge in [0.25, 0.3) is 0 Å². The van der Waals surface area contributed by atoms with Crippen molar-refractivity contribution in [3.63, 3.8) is 0 Å². The molecule has 0 bridgehead atoms. The van der Waals surface area contributed by atoms with Crippen molar-refractivity contribution in [1.29, 1.82) is 0 Å². The molecule has 0 aromatic carbocycles. The fourth-order valence-electron chi connectivity index (χ4n) is 9.78. The van der Waals surface area contributed by atoms with Gasteiger partial charge in [0.05, 0.1) is 5.41 Å². The molecule has 6 fully saturated rings. The Hall–Kier alpha value is -0.860. The van der Waals surface area contributed by atoms with E-state index in [4.69, 9.17) is 0 Å². The van der Waals surface area contributed by atoms with Crippen molar-refractivity contribution in [3.8, 4) is 0 Å². The number of imide groups is 1. The van der Waals surface area contributed by atoms with Gasteiger partial charge in [0.2, 0.25) is 11.8 Å². The summed E-state index contributed by atoms with van der Waals surface area (Å²) < 4.78 is 0. The van der Waals surface area contributed by atoms with Gasteiger partial charge in [0, 0.05) is 13.0 Å². The Labute approximate surface area is 182 Å². The Morgan fingerprint density at radius 3 is 1.77 bits per heavy atom. The lowest BCUT2D eigenvalue weighted by Crippen LogP contribution is -2.49. The molecule has 0 aromatic rings. The number of amides is 2. The molecule has 6 rings (SSSR count).